The Bertz CT molecular complexity index is 1600. The lowest BCUT2D eigenvalue weighted by Gasteiger charge is -2.30. The molecule has 0 spiro atoms. The molecule has 4 aromatic rings. The van der Waals surface area contributed by atoms with Gasteiger partial charge in [-0.25, -0.2) is 0 Å². The van der Waals surface area contributed by atoms with Gasteiger partial charge in [0, 0.05) is 23.6 Å². The van der Waals surface area contributed by atoms with E-state index < -0.39 is 0 Å². The van der Waals surface area contributed by atoms with Crippen LogP contribution >= 0.6 is 0 Å². The molecule has 168 valence electrons. The molecule has 0 bridgehead atoms. The van der Waals surface area contributed by atoms with Gasteiger partial charge in [0.05, 0.1) is 0 Å². The second-order valence-electron chi connectivity index (χ2n) is 9.41. The molecule has 2 atom stereocenters. The fourth-order valence-electron chi connectivity index (χ4n) is 5.72. The lowest BCUT2D eigenvalue weighted by atomic mass is 9.76. The molecule has 2 aliphatic carbocycles. The van der Waals surface area contributed by atoms with Crippen molar-refractivity contribution in [1.82, 2.24) is 0 Å². The van der Waals surface area contributed by atoms with E-state index >= 15 is 0 Å². The maximum atomic E-state index is 6.40. The highest BCUT2D eigenvalue weighted by Crippen LogP contribution is 2.49. The van der Waals surface area contributed by atoms with E-state index in [1.165, 1.54) is 55.3 Å². The first-order chi connectivity index (χ1) is 17.3. The Labute approximate surface area is 205 Å². The quantitative estimate of drug-likeness (QED) is 0.354. The average Bonchev–Trinajstić information content (AvgIpc) is 3.31. The second-order valence-corrected chi connectivity index (χ2v) is 9.41. The fraction of sp³-hybridized carbons (Fsp3) is 0.0909. The van der Waals surface area contributed by atoms with Crippen molar-refractivity contribution in [3.05, 3.63) is 138 Å². The van der Waals surface area contributed by atoms with Crippen molar-refractivity contribution in [3.8, 4) is 16.9 Å². The Kier molecular flexibility index (Phi) is 4.61. The minimum absolute atomic E-state index is 0.0383. The van der Waals surface area contributed by atoms with Gasteiger partial charge < -0.3 is 10.5 Å². The van der Waals surface area contributed by atoms with Gasteiger partial charge >= 0.3 is 0 Å². The SMILES string of the molecule is NCc1cc2ccccc2cc1-c1ccc(C2=C3C=CC=CC3C3Oc4ccccc4C3=C2)cc1. The summed E-state index contributed by atoms with van der Waals surface area (Å²) in [5.41, 5.74) is 16.0. The van der Waals surface area contributed by atoms with Crippen LogP contribution in [0.4, 0.5) is 0 Å². The number of ether oxygens (including phenoxy) is 1. The molecule has 7 rings (SSSR count). The predicted molar refractivity (Wildman–Crippen MR) is 145 cm³/mol. The van der Waals surface area contributed by atoms with E-state index in [9.17, 15) is 0 Å². The number of allylic oxidation sites excluding steroid dienone is 5. The summed E-state index contributed by atoms with van der Waals surface area (Å²) in [5, 5.41) is 2.46. The fourth-order valence-corrected chi connectivity index (χ4v) is 5.72. The van der Waals surface area contributed by atoms with E-state index in [2.05, 4.69) is 109 Å². The van der Waals surface area contributed by atoms with Gasteiger partial charge in [-0.05, 0) is 68.4 Å². The summed E-state index contributed by atoms with van der Waals surface area (Å²) in [4.78, 5) is 0. The first-order valence-electron chi connectivity index (χ1n) is 12.2. The normalized spacial score (nSPS) is 19.7. The van der Waals surface area contributed by atoms with Gasteiger partial charge in [-0.15, -0.1) is 0 Å². The molecule has 3 aliphatic rings. The van der Waals surface area contributed by atoms with Crippen molar-refractivity contribution in [1.29, 1.82) is 0 Å². The summed E-state index contributed by atoms with van der Waals surface area (Å²) in [7, 11) is 0. The van der Waals surface area contributed by atoms with Crippen LogP contribution in [0.15, 0.2) is 121 Å². The topological polar surface area (TPSA) is 35.2 Å². The van der Waals surface area contributed by atoms with Crippen molar-refractivity contribution in [2.75, 3.05) is 0 Å². The molecule has 0 aromatic heterocycles. The number of benzene rings is 4. The van der Waals surface area contributed by atoms with Crippen LogP contribution in [0.25, 0.3) is 33.0 Å². The summed E-state index contributed by atoms with van der Waals surface area (Å²) in [6, 6.07) is 30.3. The maximum absolute atomic E-state index is 6.40. The van der Waals surface area contributed by atoms with Crippen molar-refractivity contribution in [2.45, 2.75) is 12.6 Å². The number of para-hydroxylation sites is 1. The molecule has 0 amide bonds. The molecule has 0 radical (unpaired) electrons. The van der Waals surface area contributed by atoms with Crippen LogP contribution < -0.4 is 10.5 Å². The van der Waals surface area contributed by atoms with Crippen LogP contribution in [0.2, 0.25) is 0 Å². The minimum Gasteiger partial charge on any atom is -0.484 e. The van der Waals surface area contributed by atoms with Gasteiger partial charge in [-0.3, -0.25) is 0 Å². The first kappa shape index (κ1) is 20.3. The Balaban J connectivity index is 1.33. The van der Waals surface area contributed by atoms with Gasteiger partial charge in [0.25, 0.3) is 0 Å². The highest BCUT2D eigenvalue weighted by Gasteiger charge is 2.39. The van der Waals surface area contributed by atoms with Gasteiger partial charge in [-0.2, -0.15) is 0 Å². The number of hydrogen-bond donors (Lipinski definition) is 1. The molecular weight excluding hydrogens is 426 g/mol. The first-order valence-corrected chi connectivity index (χ1v) is 12.2. The van der Waals surface area contributed by atoms with Gasteiger partial charge in [0.2, 0.25) is 0 Å². The summed E-state index contributed by atoms with van der Waals surface area (Å²) in [5.74, 6) is 1.19. The zero-order valence-electron chi connectivity index (χ0n) is 19.3. The Hall–Kier alpha value is -4.14. The molecule has 1 aliphatic heterocycles. The van der Waals surface area contributed by atoms with E-state index in [-0.39, 0.29) is 12.0 Å². The Morgan fingerprint density at radius 3 is 2.31 bits per heavy atom. The van der Waals surface area contributed by atoms with Crippen molar-refractivity contribution < 1.29 is 4.74 Å². The molecule has 0 saturated heterocycles. The van der Waals surface area contributed by atoms with E-state index in [0.717, 1.165) is 5.75 Å². The monoisotopic (exact) mass is 451 g/mol. The summed E-state index contributed by atoms with van der Waals surface area (Å²) in [6.45, 7) is 0.517. The third kappa shape index (κ3) is 3.22. The van der Waals surface area contributed by atoms with Crippen LogP contribution in [-0.2, 0) is 6.54 Å². The van der Waals surface area contributed by atoms with Gasteiger partial charge in [-0.1, -0.05) is 91.0 Å². The van der Waals surface area contributed by atoms with Gasteiger partial charge in [0.1, 0.15) is 11.9 Å². The Morgan fingerprint density at radius 2 is 1.49 bits per heavy atom. The molecule has 35 heavy (non-hydrogen) atoms. The van der Waals surface area contributed by atoms with Crippen LogP contribution in [0.3, 0.4) is 0 Å². The van der Waals surface area contributed by atoms with E-state index in [4.69, 9.17) is 10.5 Å². The minimum atomic E-state index is 0.0383. The third-order valence-electron chi connectivity index (χ3n) is 7.46. The standard InChI is InChI=1S/C33H25NO/c34-20-25-17-23-7-1-2-8-24(23)18-29(25)21-13-15-22(16-14-21)30-19-31-27-10-5-6-12-32(27)35-33(31)28-11-4-3-9-26(28)30/h1-19,28,33H,20,34H2. The number of rotatable bonds is 3. The Morgan fingerprint density at radius 1 is 0.743 bits per heavy atom. The summed E-state index contributed by atoms with van der Waals surface area (Å²) >= 11 is 0. The molecule has 2 heteroatoms. The lowest BCUT2D eigenvalue weighted by Crippen LogP contribution is -2.28. The van der Waals surface area contributed by atoms with Crippen molar-refractivity contribution in [3.63, 3.8) is 0 Å². The van der Waals surface area contributed by atoms with Crippen molar-refractivity contribution in [2.24, 2.45) is 11.7 Å². The molecule has 0 saturated carbocycles. The van der Waals surface area contributed by atoms with E-state index in [1.807, 2.05) is 6.07 Å². The summed E-state index contributed by atoms with van der Waals surface area (Å²) < 4.78 is 6.40. The van der Waals surface area contributed by atoms with Crippen LogP contribution in [0.5, 0.6) is 5.75 Å². The number of hydrogen-bond acceptors (Lipinski definition) is 2. The summed E-state index contributed by atoms with van der Waals surface area (Å²) in [6.07, 6.45) is 11.2. The molecule has 1 heterocycles. The molecule has 4 aromatic carbocycles. The van der Waals surface area contributed by atoms with Gasteiger partial charge in [0.15, 0.2) is 0 Å². The molecule has 0 fully saturated rings. The second kappa shape index (κ2) is 7.97. The predicted octanol–water partition coefficient (Wildman–Crippen LogP) is 7.32. The molecule has 2 nitrogen and oxygen atoms in total. The zero-order chi connectivity index (χ0) is 23.4. The van der Waals surface area contributed by atoms with Crippen LogP contribution in [0.1, 0.15) is 16.7 Å². The maximum Gasteiger partial charge on any atom is 0.135 e. The highest BCUT2D eigenvalue weighted by atomic mass is 16.5. The molecule has 2 unspecified atom stereocenters. The largest absolute Gasteiger partial charge is 0.484 e. The number of nitrogens with two attached hydrogens (primary N) is 1. The van der Waals surface area contributed by atoms with E-state index in [1.54, 1.807) is 0 Å². The lowest BCUT2D eigenvalue weighted by molar-refractivity contribution is 0.244. The number of fused-ring (bicyclic) bond motifs is 6. The smallest absolute Gasteiger partial charge is 0.135 e. The molecular formula is C33H25NO. The highest BCUT2D eigenvalue weighted by molar-refractivity contribution is 5.95. The van der Waals surface area contributed by atoms with Crippen LogP contribution in [0, 0.1) is 5.92 Å². The third-order valence-corrected chi connectivity index (χ3v) is 7.46. The average molecular weight is 452 g/mol. The van der Waals surface area contributed by atoms with Crippen LogP contribution in [-0.4, -0.2) is 6.10 Å². The molecule has 2 N–H and O–H groups in total. The van der Waals surface area contributed by atoms with Crippen molar-refractivity contribution >= 4 is 21.9 Å². The zero-order valence-corrected chi connectivity index (χ0v) is 19.3. The van der Waals surface area contributed by atoms with E-state index in [0.29, 0.717) is 6.54 Å².